The Morgan fingerprint density at radius 2 is 2.12 bits per heavy atom. The van der Waals surface area contributed by atoms with Crippen LogP contribution in [0.1, 0.15) is 11.9 Å². The third kappa shape index (κ3) is 2.13. The number of rotatable bonds is 3. The van der Waals surface area contributed by atoms with Gasteiger partial charge in [-0.25, -0.2) is 9.97 Å². The van der Waals surface area contributed by atoms with Crippen molar-refractivity contribution in [3.63, 3.8) is 0 Å². The first-order valence-electron chi connectivity index (χ1n) is 7.56. The molecule has 0 bridgehead atoms. The summed E-state index contributed by atoms with van der Waals surface area (Å²) in [6.45, 7) is 1.49. The molecule has 1 aliphatic rings. The van der Waals surface area contributed by atoms with Crippen LogP contribution in [0.2, 0.25) is 0 Å². The molecule has 4 atom stereocenters. The van der Waals surface area contributed by atoms with E-state index in [1.165, 1.54) is 6.33 Å². The molecule has 1 fully saturated rings. The number of H-pyrrole nitrogens is 1. The smallest absolute Gasteiger partial charge is 0.164 e. The van der Waals surface area contributed by atoms with Crippen molar-refractivity contribution in [2.24, 2.45) is 0 Å². The molecule has 1 saturated heterocycles. The molecule has 4 N–H and O–H groups in total. The van der Waals surface area contributed by atoms with Crippen LogP contribution in [-0.2, 0) is 4.74 Å². The average molecular weight is 331 g/mol. The van der Waals surface area contributed by atoms with Crippen molar-refractivity contribution in [3.8, 4) is 11.3 Å². The molecular weight excluding hydrogens is 314 g/mol. The Morgan fingerprint density at radius 1 is 1.29 bits per heavy atom. The van der Waals surface area contributed by atoms with E-state index in [0.717, 1.165) is 22.3 Å². The van der Waals surface area contributed by atoms with E-state index in [0.29, 0.717) is 5.65 Å². The van der Waals surface area contributed by atoms with Crippen LogP contribution in [0, 0.1) is 6.92 Å². The van der Waals surface area contributed by atoms with Gasteiger partial charge in [-0.2, -0.15) is 5.10 Å². The lowest BCUT2D eigenvalue weighted by Crippen LogP contribution is -2.33. The number of aliphatic hydroxyl groups excluding tert-OH is 3. The van der Waals surface area contributed by atoms with Gasteiger partial charge in [-0.15, -0.1) is 0 Å². The molecule has 9 nitrogen and oxygen atoms in total. The lowest BCUT2D eigenvalue weighted by atomic mass is 10.1. The minimum absolute atomic E-state index is 0.380. The van der Waals surface area contributed by atoms with Crippen LogP contribution in [0.3, 0.4) is 0 Å². The predicted octanol–water partition coefficient (Wildman–Crippen LogP) is -0.259. The minimum Gasteiger partial charge on any atom is -0.394 e. The highest BCUT2D eigenvalue weighted by Crippen LogP contribution is 2.36. The van der Waals surface area contributed by atoms with Crippen LogP contribution >= 0.6 is 0 Å². The normalized spacial score (nSPS) is 27.2. The van der Waals surface area contributed by atoms with Gasteiger partial charge in [0.15, 0.2) is 6.23 Å². The number of hydrogen-bond acceptors (Lipinski definition) is 7. The molecule has 1 aliphatic heterocycles. The van der Waals surface area contributed by atoms with Crippen molar-refractivity contribution in [3.05, 3.63) is 30.5 Å². The lowest BCUT2D eigenvalue weighted by Gasteiger charge is -2.17. The molecule has 0 unspecified atom stereocenters. The fourth-order valence-electron chi connectivity index (χ4n) is 3.15. The van der Waals surface area contributed by atoms with Crippen LogP contribution in [-0.4, -0.2) is 65.0 Å². The maximum atomic E-state index is 10.3. The van der Waals surface area contributed by atoms with E-state index in [9.17, 15) is 15.3 Å². The van der Waals surface area contributed by atoms with E-state index in [1.807, 2.05) is 13.0 Å². The minimum atomic E-state index is -1.18. The van der Waals surface area contributed by atoms with Gasteiger partial charge in [-0.3, -0.25) is 5.10 Å². The summed E-state index contributed by atoms with van der Waals surface area (Å²) in [4.78, 5) is 8.54. The standard InChI is InChI=1S/C15H17N5O4/c1-7-11-8(9-2-3-18-19-9)4-20(14(11)17-6-16-7)15-13(23)12(22)10(5-21)24-15/h2-4,6,10,12-13,15,21-23H,5H2,1H3,(H,18,19)/t10-,12-,13-,15-/m1/s1. The Bertz CT molecular complexity index is 862. The van der Waals surface area contributed by atoms with Crippen LogP contribution in [0.25, 0.3) is 22.3 Å². The van der Waals surface area contributed by atoms with Gasteiger partial charge >= 0.3 is 0 Å². The van der Waals surface area contributed by atoms with Gasteiger partial charge in [-0.05, 0) is 13.0 Å². The van der Waals surface area contributed by atoms with Crippen LogP contribution in [0.15, 0.2) is 24.8 Å². The first-order valence-corrected chi connectivity index (χ1v) is 7.56. The van der Waals surface area contributed by atoms with Crippen LogP contribution < -0.4 is 0 Å². The van der Waals surface area contributed by atoms with Gasteiger partial charge in [0.05, 0.1) is 18.0 Å². The zero-order valence-electron chi connectivity index (χ0n) is 12.9. The molecule has 0 amide bonds. The maximum Gasteiger partial charge on any atom is 0.164 e. The van der Waals surface area contributed by atoms with Crippen molar-refractivity contribution in [2.45, 2.75) is 31.5 Å². The van der Waals surface area contributed by atoms with E-state index in [1.54, 1.807) is 17.0 Å². The number of nitrogens with one attached hydrogen (secondary N) is 1. The summed E-state index contributed by atoms with van der Waals surface area (Å²) in [5, 5.41) is 37.3. The average Bonchev–Trinajstić information content (AvgIpc) is 3.28. The molecule has 3 aromatic rings. The predicted molar refractivity (Wildman–Crippen MR) is 82.9 cm³/mol. The number of aliphatic hydroxyl groups is 3. The molecule has 126 valence electrons. The molecule has 9 heteroatoms. The number of nitrogens with zero attached hydrogens (tertiary/aromatic N) is 4. The number of ether oxygens (including phenoxy) is 1. The van der Waals surface area contributed by atoms with E-state index < -0.39 is 24.5 Å². The second-order valence-corrected chi connectivity index (χ2v) is 5.81. The van der Waals surface area contributed by atoms with Gasteiger partial charge in [0.1, 0.15) is 30.3 Å². The van der Waals surface area contributed by atoms with Gasteiger partial charge in [0, 0.05) is 23.3 Å². The number of fused-ring (bicyclic) bond motifs is 1. The topological polar surface area (TPSA) is 129 Å². The van der Waals surface area contributed by atoms with Crippen molar-refractivity contribution < 1.29 is 20.1 Å². The molecule has 24 heavy (non-hydrogen) atoms. The third-order valence-electron chi connectivity index (χ3n) is 4.38. The monoisotopic (exact) mass is 331 g/mol. The molecular formula is C15H17N5O4. The molecule has 0 radical (unpaired) electrons. The summed E-state index contributed by atoms with van der Waals surface area (Å²) in [5.74, 6) is 0. The van der Waals surface area contributed by atoms with E-state index in [2.05, 4.69) is 20.2 Å². The Hall–Kier alpha value is -2.33. The van der Waals surface area contributed by atoms with Crippen molar-refractivity contribution in [1.82, 2.24) is 24.7 Å². The molecule has 3 aromatic heterocycles. The highest BCUT2D eigenvalue weighted by atomic mass is 16.6. The zero-order valence-corrected chi connectivity index (χ0v) is 12.9. The summed E-state index contributed by atoms with van der Waals surface area (Å²) in [5.41, 5.74) is 2.94. The third-order valence-corrected chi connectivity index (χ3v) is 4.38. The molecule has 4 rings (SSSR count). The largest absolute Gasteiger partial charge is 0.394 e. The second kappa shape index (κ2) is 5.64. The highest BCUT2D eigenvalue weighted by Gasteiger charge is 2.44. The van der Waals surface area contributed by atoms with Gasteiger partial charge in [-0.1, -0.05) is 0 Å². The summed E-state index contributed by atoms with van der Waals surface area (Å²) < 4.78 is 7.28. The fraction of sp³-hybridized carbons (Fsp3) is 0.400. The summed E-state index contributed by atoms with van der Waals surface area (Å²) >= 11 is 0. The Balaban J connectivity index is 1.90. The number of aromatic amines is 1. The Labute approximate surface area is 136 Å². The van der Waals surface area contributed by atoms with Crippen LogP contribution in [0.4, 0.5) is 0 Å². The molecule has 4 heterocycles. The van der Waals surface area contributed by atoms with E-state index in [-0.39, 0.29) is 6.61 Å². The quantitative estimate of drug-likeness (QED) is 0.520. The Morgan fingerprint density at radius 3 is 2.79 bits per heavy atom. The fourth-order valence-corrected chi connectivity index (χ4v) is 3.15. The second-order valence-electron chi connectivity index (χ2n) is 5.81. The number of aromatic nitrogens is 5. The van der Waals surface area contributed by atoms with Gasteiger partial charge < -0.3 is 24.6 Å². The SMILES string of the molecule is Cc1ncnc2c1c(-c1ccn[nH]1)cn2[C@@H]1O[C@H](CO)[C@@H](O)[C@H]1O. The van der Waals surface area contributed by atoms with Gasteiger partial charge in [0.25, 0.3) is 0 Å². The van der Waals surface area contributed by atoms with Gasteiger partial charge in [0.2, 0.25) is 0 Å². The highest BCUT2D eigenvalue weighted by molar-refractivity contribution is 5.94. The van der Waals surface area contributed by atoms with E-state index >= 15 is 0 Å². The molecule has 0 aromatic carbocycles. The summed E-state index contributed by atoms with van der Waals surface area (Å²) in [7, 11) is 0. The van der Waals surface area contributed by atoms with Crippen molar-refractivity contribution >= 4 is 11.0 Å². The number of aryl methyl sites for hydroxylation is 1. The van der Waals surface area contributed by atoms with E-state index in [4.69, 9.17) is 4.74 Å². The first kappa shape index (κ1) is 15.2. The lowest BCUT2D eigenvalue weighted by molar-refractivity contribution is -0.0508. The number of hydrogen-bond donors (Lipinski definition) is 4. The molecule has 0 aliphatic carbocycles. The van der Waals surface area contributed by atoms with Crippen molar-refractivity contribution in [2.75, 3.05) is 6.61 Å². The zero-order chi connectivity index (χ0) is 16.8. The summed E-state index contributed by atoms with van der Waals surface area (Å²) in [6.07, 6.45) is 0.807. The molecule has 0 saturated carbocycles. The first-order chi connectivity index (χ1) is 11.6. The Kier molecular flexibility index (Phi) is 3.57. The van der Waals surface area contributed by atoms with Crippen molar-refractivity contribution in [1.29, 1.82) is 0 Å². The van der Waals surface area contributed by atoms with Crippen LogP contribution in [0.5, 0.6) is 0 Å². The molecule has 0 spiro atoms. The summed E-state index contributed by atoms with van der Waals surface area (Å²) in [6, 6.07) is 1.82. The maximum absolute atomic E-state index is 10.3.